The zero-order valence-corrected chi connectivity index (χ0v) is 18.9. The molecule has 0 saturated carbocycles. The first kappa shape index (κ1) is 22.7. The number of aromatic nitrogens is 4. The Labute approximate surface area is 194 Å². The van der Waals surface area contributed by atoms with E-state index < -0.39 is 17.2 Å². The van der Waals surface area contributed by atoms with Gasteiger partial charge in [0.1, 0.15) is 11.4 Å². The molecule has 34 heavy (non-hydrogen) atoms. The molecule has 0 unspecified atom stereocenters. The number of carbonyl (C=O) groups is 1. The van der Waals surface area contributed by atoms with Gasteiger partial charge < -0.3 is 14.8 Å². The molecule has 0 saturated heterocycles. The fourth-order valence-electron chi connectivity index (χ4n) is 3.57. The summed E-state index contributed by atoms with van der Waals surface area (Å²) in [7, 11) is 4.62. The normalized spacial score (nSPS) is 10.8. The molecule has 0 fully saturated rings. The highest BCUT2D eigenvalue weighted by Crippen LogP contribution is 2.14. The second-order valence-electron chi connectivity index (χ2n) is 7.56. The van der Waals surface area contributed by atoms with Crippen LogP contribution in [0, 0.1) is 0 Å². The summed E-state index contributed by atoms with van der Waals surface area (Å²) in [5.41, 5.74) is 0.952. The van der Waals surface area contributed by atoms with Crippen molar-refractivity contribution in [1.29, 1.82) is 0 Å². The van der Waals surface area contributed by atoms with Gasteiger partial charge in [0, 0.05) is 25.9 Å². The summed E-state index contributed by atoms with van der Waals surface area (Å²) in [5, 5.41) is 2.99. The van der Waals surface area contributed by atoms with Crippen molar-refractivity contribution < 1.29 is 14.3 Å². The zero-order chi connectivity index (χ0) is 24.2. The lowest BCUT2D eigenvalue weighted by Crippen LogP contribution is -2.39. The van der Waals surface area contributed by atoms with Crippen LogP contribution in [0.4, 0.5) is 0 Å². The zero-order valence-electron chi connectivity index (χ0n) is 18.9. The number of hydrogen-bond acceptors (Lipinski definition) is 7. The Morgan fingerprint density at radius 2 is 1.85 bits per heavy atom. The molecule has 0 aliphatic carbocycles. The van der Waals surface area contributed by atoms with Crippen molar-refractivity contribution in [2.75, 3.05) is 14.2 Å². The van der Waals surface area contributed by atoms with E-state index in [2.05, 4.69) is 15.3 Å². The number of aryl methyl sites for hydroxylation is 1. The molecule has 0 aliphatic heterocycles. The second kappa shape index (κ2) is 9.57. The first-order valence-corrected chi connectivity index (χ1v) is 10.4. The number of rotatable bonds is 7. The molecule has 1 amide bonds. The predicted molar refractivity (Wildman–Crippen MR) is 125 cm³/mol. The molecule has 3 aromatic heterocycles. The standard InChI is InChI=1S/C24H23N5O5/c1-28-20-13-26-19(22(30)27-12-15-7-8-25-21(10-15)34-3)11-18(20)23(31)29(24(28)32)14-16-5-4-6-17(9-16)33-2/h4-11,13H,12,14H2,1-3H3,(H,27,30). The van der Waals surface area contributed by atoms with Crippen LogP contribution in [0.15, 0.2) is 64.4 Å². The van der Waals surface area contributed by atoms with Crippen LogP contribution in [0.1, 0.15) is 21.6 Å². The van der Waals surface area contributed by atoms with Crippen LogP contribution in [0.5, 0.6) is 11.6 Å². The number of nitrogens with one attached hydrogen (secondary N) is 1. The Bertz CT molecular complexity index is 1490. The average Bonchev–Trinajstić information content (AvgIpc) is 2.88. The maximum atomic E-state index is 13.2. The third kappa shape index (κ3) is 4.51. The highest BCUT2D eigenvalue weighted by Gasteiger charge is 2.16. The first-order chi connectivity index (χ1) is 16.4. The maximum absolute atomic E-state index is 13.2. The lowest BCUT2D eigenvalue weighted by Gasteiger charge is -2.12. The molecule has 10 heteroatoms. The highest BCUT2D eigenvalue weighted by molar-refractivity contribution is 5.95. The molecule has 0 atom stereocenters. The van der Waals surface area contributed by atoms with Crippen LogP contribution in [0.25, 0.3) is 10.9 Å². The minimum Gasteiger partial charge on any atom is -0.497 e. The summed E-state index contributed by atoms with van der Waals surface area (Å²) >= 11 is 0. The topological polar surface area (TPSA) is 117 Å². The van der Waals surface area contributed by atoms with E-state index in [0.29, 0.717) is 17.1 Å². The summed E-state index contributed by atoms with van der Waals surface area (Å²) < 4.78 is 12.8. The quantitative estimate of drug-likeness (QED) is 0.443. The van der Waals surface area contributed by atoms with Crippen molar-refractivity contribution in [3.05, 3.63) is 92.5 Å². The van der Waals surface area contributed by atoms with Gasteiger partial charge >= 0.3 is 5.69 Å². The molecule has 1 aromatic carbocycles. The van der Waals surface area contributed by atoms with Crippen molar-refractivity contribution in [2.45, 2.75) is 13.1 Å². The van der Waals surface area contributed by atoms with Crippen LogP contribution < -0.4 is 26.0 Å². The van der Waals surface area contributed by atoms with Gasteiger partial charge in [-0.05, 0) is 35.4 Å². The van der Waals surface area contributed by atoms with Gasteiger partial charge in [-0.2, -0.15) is 0 Å². The van der Waals surface area contributed by atoms with Gasteiger partial charge in [-0.25, -0.2) is 14.8 Å². The molecule has 0 aliphatic rings. The van der Waals surface area contributed by atoms with Gasteiger partial charge in [-0.3, -0.25) is 18.7 Å². The number of amides is 1. The molecule has 4 aromatic rings. The van der Waals surface area contributed by atoms with E-state index in [-0.39, 0.29) is 24.2 Å². The van der Waals surface area contributed by atoms with E-state index in [1.54, 1.807) is 56.8 Å². The van der Waals surface area contributed by atoms with E-state index in [4.69, 9.17) is 9.47 Å². The number of nitrogens with zero attached hydrogens (tertiary/aromatic N) is 4. The number of fused-ring (bicyclic) bond motifs is 1. The van der Waals surface area contributed by atoms with Crippen molar-refractivity contribution >= 4 is 16.8 Å². The van der Waals surface area contributed by atoms with Crippen LogP contribution in [0.3, 0.4) is 0 Å². The number of pyridine rings is 2. The first-order valence-electron chi connectivity index (χ1n) is 10.4. The number of hydrogen-bond donors (Lipinski definition) is 1. The molecule has 4 rings (SSSR count). The minimum atomic E-state index is -0.503. The van der Waals surface area contributed by atoms with Crippen LogP contribution in [0.2, 0.25) is 0 Å². The molecular weight excluding hydrogens is 438 g/mol. The van der Waals surface area contributed by atoms with E-state index in [9.17, 15) is 14.4 Å². The monoisotopic (exact) mass is 461 g/mol. The fraction of sp³-hybridized carbons (Fsp3) is 0.208. The van der Waals surface area contributed by atoms with Crippen molar-refractivity contribution in [1.82, 2.24) is 24.4 Å². The summed E-state index contributed by atoms with van der Waals surface area (Å²) in [4.78, 5) is 47.0. The van der Waals surface area contributed by atoms with Gasteiger partial charge in [0.25, 0.3) is 11.5 Å². The molecule has 174 valence electrons. The number of carbonyl (C=O) groups excluding carboxylic acids is 1. The molecule has 0 spiro atoms. The third-order valence-corrected chi connectivity index (χ3v) is 5.41. The van der Waals surface area contributed by atoms with Crippen LogP contribution in [-0.4, -0.2) is 39.2 Å². The SMILES string of the molecule is COc1cccc(Cn2c(=O)c3cc(C(=O)NCc4ccnc(OC)c4)ncc3n(C)c2=O)c1. The van der Waals surface area contributed by atoms with Crippen LogP contribution in [-0.2, 0) is 20.1 Å². The lowest BCUT2D eigenvalue weighted by molar-refractivity contribution is 0.0946. The van der Waals surface area contributed by atoms with Crippen molar-refractivity contribution in [3.63, 3.8) is 0 Å². The van der Waals surface area contributed by atoms with E-state index in [0.717, 1.165) is 15.7 Å². The summed E-state index contributed by atoms with van der Waals surface area (Å²) in [6.07, 6.45) is 2.94. The Balaban J connectivity index is 1.66. The van der Waals surface area contributed by atoms with Crippen molar-refractivity contribution in [3.8, 4) is 11.6 Å². The Morgan fingerprint density at radius 1 is 1.03 bits per heavy atom. The smallest absolute Gasteiger partial charge is 0.331 e. The molecular formula is C24H23N5O5. The largest absolute Gasteiger partial charge is 0.497 e. The number of benzene rings is 1. The van der Waals surface area contributed by atoms with E-state index >= 15 is 0 Å². The van der Waals surface area contributed by atoms with Gasteiger partial charge in [-0.15, -0.1) is 0 Å². The molecule has 0 radical (unpaired) electrons. The maximum Gasteiger partial charge on any atom is 0.331 e. The van der Waals surface area contributed by atoms with Gasteiger partial charge in [0.05, 0.1) is 37.9 Å². The molecule has 10 nitrogen and oxygen atoms in total. The average molecular weight is 461 g/mol. The molecule has 0 bridgehead atoms. The van der Waals surface area contributed by atoms with Gasteiger partial charge in [-0.1, -0.05) is 12.1 Å². The van der Waals surface area contributed by atoms with Crippen molar-refractivity contribution in [2.24, 2.45) is 7.05 Å². The summed E-state index contributed by atoms with van der Waals surface area (Å²) in [6, 6.07) is 12.0. The Kier molecular flexibility index (Phi) is 6.39. The highest BCUT2D eigenvalue weighted by atomic mass is 16.5. The third-order valence-electron chi connectivity index (χ3n) is 5.41. The summed E-state index contributed by atoms with van der Waals surface area (Å²) in [5.74, 6) is 0.608. The Morgan fingerprint density at radius 3 is 2.62 bits per heavy atom. The molecule has 1 N–H and O–H groups in total. The Hall–Kier alpha value is -4.47. The summed E-state index contributed by atoms with van der Waals surface area (Å²) in [6.45, 7) is 0.289. The minimum absolute atomic E-state index is 0.0619. The second-order valence-corrected chi connectivity index (χ2v) is 7.56. The van der Waals surface area contributed by atoms with E-state index in [1.807, 2.05) is 0 Å². The van der Waals surface area contributed by atoms with Gasteiger partial charge in [0.2, 0.25) is 5.88 Å². The van der Waals surface area contributed by atoms with Gasteiger partial charge in [0.15, 0.2) is 0 Å². The molecule has 3 heterocycles. The number of ether oxygens (including phenoxy) is 2. The predicted octanol–water partition coefficient (Wildman–Crippen LogP) is 1.49. The number of methoxy groups -OCH3 is 2. The fourth-order valence-corrected chi connectivity index (χ4v) is 3.57. The van der Waals surface area contributed by atoms with E-state index in [1.165, 1.54) is 23.9 Å². The van der Waals surface area contributed by atoms with Crippen LogP contribution >= 0.6 is 0 Å². The lowest BCUT2D eigenvalue weighted by atomic mass is 10.2.